The number of ether oxygens (including phenoxy) is 1. The van der Waals surface area contributed by atoms with Gasteiger partial charge in [-0.15, -0.1) is 0 Å². The Morgan fingerprint density at radius 2 is 2.12 bits per heavy atom. The Bertz CT molecular complexity index is 397. The van der Waals surface area contributed by atoms with Gasteiger partial charge in [-0.25, -0.2) is 0 Å². The average Bonchev–Trinajstić information content (AvgIpc) is 2.20. The monoisotopic (exact) mass is 221 g/mol. The highest BCUT2D eigenvalue weighted by Gasteiger charge is 2.15. The summed E-state index contributed by atoms with van der Waals surface area (Å²) >= 11 is 0. The normalized spacial score (nSPS) is 12.3. The van der Waals surface area contributed by atoms with Crippen molar-refractivity contribution < 1.29 is 9.53 Å². The number of nitrogens with two attached hydrogens (primary N) is 1. The zero-order valence-corrected chi connectivity index (χ0v) is 10.3. The van der Waals surface area contributed by atoms with Crippen molar-refractivity contribution in [3.8, 4) is 5.75 Å². The number of hydrogen-bond donors (Lipinski definition) is 1. The molecule has 0 heterocycles. The van der Waals surface area contributed by atoms with E-state index < -0.39 is 0 Å². The van der Waals surface area contributed by atoms with Gasteiger partial charge in [0.25, 0.3) is 0 Å². The first-order valence-corrected chi connectivity index (χ1v) is 5.51. The number of rotatable bonds is 4. The number of ketones is 1. The lowest BCUT2D eigenvalue weighted by Crippen LogP contribution is -2.10. The lowest BCUT2D eigenvalue weighted by atomic mass is 9.97. The van der Waals surface area contributed by atoms with Crippen LogP contribution in [0.4, 0.5) is 0 Å². The van der Waals surface area contributed by atoms with Gasteiger partial charge in [-0.1, -0.05) is 6.07 Å². The summed E-state index contributed by atoms with van der Waals surface area (Å²) in [7, 11) is 0. The molecule has 0 fully saturated rings. The lowest BCUT2D eigenvalue weighted by molar-refractivity contribution is 0.101. The Morgan fingerprint density at radius 3 is 2.56 bits per heavy atom. The minimum Gasteiger partial charge on any atom is -0.493 e. The largest absolute Gasteiger partial charge is 0.493 e. The summed E-state index contributed by atoms with van der Waals surface area (Å²) in [6.07, 6.45) is 0. The van der Waals surface area contributed by atoms with Crippen molar-refractivity contribution in [1.82, 2.24) is 0 Å². The van der Waals surface area contributed by atoms with Gasteiger partial charge in [0.2, 0.25) is 0 Å². The molecule has 0 aliphatic rings. The van der Waals surface area contributed by atoms with Crippen LogP contribution in [0.25, 0.3) is 0 Å². The topological polar surface area (TPSA) is 52.3 Å². The number of hydrogen-bond acceptors (Lipinski definition) is 3. The van der Waals surface area contributed by atoms with E-state index in [9.17, 15) is 4.79 Å². The first kappa shape index (κ1) is 12.7. The molecule has 0 radical (unpaired) electrons. The Hall–Kier alpha value is -1.35. The molecule has 3 nitrogen and oxygen atoms in total. The molecule has 1 aromatic rings. The lowest BCUT2D eigenvalue weighted by Gasteiger charge is -2.17. The molecular formula is C13H19NO2. The summed E-state index contributed by atoms with van der Waals surface area (Å²) in [4.78, 5) is 11.5. The molecule has 0 aliphatic heterocycles. The predicted octanol–water partition coefficient (Wildman–Crippen LogP) is 2.62. The van der Waals surface area contributed by atoms with Crippen LogP contribution in [0.5, 0.6) is 5.75 Å². The second-order valence-electron chi connectivity index (χ2n) is 3.93. The van der Waals surface area contributed by atoms with Crippen LogP contribution in [0.1, 0.15) is 48.3 Å². The third kappa shape index (κ3) is 2.42. The molecule has 0 aliphatic carbocycles. The highest BCUT2D eigenvalue weighted by molar-refractivity contribution is 5.97. The summed E-state index contributed by atoms with van der Waals surface area (Å²) in [5.41, 5.74) is 8.48. The Balaban J connectivity index is 3.35. The zero-order valence-electron chi connectivity index (χ0n) is 10.3. The van der Waals surface area contributed by atoms with Crippen molar-refractivity contribution in [2.45, 2.75) is 33.7 Å². The second kappa shape index (κ2) is 5.12. The fourth-order valence-electron chi connectivity index (χ4n) is 1.81. The Morgan fingerprint density at radius 1 is 1.50 bits per heavy atom. The molecular weight excluding hydrogens is 202 g/mol. The Labute approximate surface area is 96.6 Å². The van der Waals surface area contributed by atoms with E-state index in [4.69, 9.17) is 10.5 Å². The van der Waals surface area contributed by atoms with Crippen LogP contribution in [0.3, 0.4) is 0 Å². The molecule has 0 saturated carbocycles. The van der Waals surface area contributed by atoms with Crippen molar-refractivity contribution >= 4 is 5.78 Å². The molecule has 1 rings (SSSR count). The fraction of sp³-hybridized carbons (Fsp3) is 0.462. The van der Waals surface area contributed by atoms with Crippen molar-refractivity contribution in [2.24, 2.45) is 5.73 Å². The third-order valence-corrected chi connectivity index (χ3v) is 2.61. The van der Waals surface area contributed by atoms with Gasteiger partial charge in [-0.05, 0) is 44.9 Å². The van der Waals surface area contributed by atoms with Crippen LogP contribution in [0.15, 0.2) is 12.1 Å². The molecule has 0 amide bonds. The number of benzene rings is 1. The van der Waals surface area contributed by atoms with Crippen LogP contribution in [-0.2, 0) is 0 Å². The molecule has 0 aromatic heterocycles. The van der Waals surface area contributed by atoms with Gasteiger partial charge >= 0.3 is 0 Å². The highest BCUT2D eigenvalue weighted by atomic mass is 16.5. The Kier molecular flexibility index (Phi) is 4.07. The average molecular weight is 221 g/mol. The maximum absolute atomic E-state index is 11.5. The summed E-state index contributed by atoms with van der Waals surface area (Å²) in [6.45, 7) is 7.86. The van der Waals surface area contributed by atoms with E-state index in [1.165, 1.54) is 0 Å². The van der Waals surface area contributed by atoms with Crippen LogP contribution >= 0.6 is 0 Å². The minimum absolute atomic E-state index is 0.0165. The van der Waals surface area contributed by atoms with Crippen LogP contribution in [0.2, 0.25) is 0 Å². The van der Waals surface area contributed by atoms with E-state index in [0.29, 0.717) is 17.9 Å². The number of carbonyl (C=O) groups excluding carboxylic acids is 1. The molecule has 1 atom stereocenters. The van der Waals surface area contributed by atoms with E-state index in [1.807, 2.05) is 26.8 Å². The quantitative estimate of drug-likeness (QED) is 0.795. The van der Waals surface area contributed by atoms with Gasteiger partial charge in [0.1, 0.15) is 5.75 Å². The highest BCUT2D eigenvalue weighted by Crippen LogP contribution is 2.29. The van der Waals surface area contributed by atoms with Gasteiger partial charge < -0.3 is 10.5 Å². The number of Topliss-reactive ketones (excluding diaryl/α,β-unsaturated/α-hetero) is 1. The van der Waals surface area contributed by atoms with Gasteiger partial charge in [-0.3, -0.25) is 4.79 Å². The first-order chi connectivity index (χ1) is 7.49. The van der Waals surface area contributed by atoms with Crippen LogP contribution in [-0.4, -0.2) is 12.4 Å². The summed E-state index contributed by atoms with van der Waals surface area (Å²) in [5.74, 6) is 0.688. The van der Waals surface area contributed by atoms with Crippen LogP contribution in [0, 0.1) is 6.92 Å². The van der Waals surface area contributed by atoms with E-state index >= 15 is 0 Å². The third-order valence-electron chi connectivity index (χ3n) is 2.61. The van der Waals surface area contributed by atoms with Gasteiger partial charge in [0.15, 0.2) is 5.78 Å². The zero-order chi connectivity index (χ0) is 12.3. The van der Waals surface area contributed by atoms with E-state index in [1.54, 1.807) is 13.0 Å². The molecule has 3 heteroatoms. The van der Waals surface area contributed by atoms with E-state index in [2.05, 4.69) is 0 Å². The summed E-state index contributed by atoms with van der Waals surface area (Å²) in [5, 5.41) is 0. The van der Waals surface area contributed by atoms with E-state index in [0.717, 1.165) is 11.1 Å². The molecule has 0 spiro atoms. The number of carbonyl (C=O) groups is 1. The molecule has 1 aromatic carbocycles. The first-order valence-electron chi connectivity index (χ1n) is 5.51. The van der Waals surface area contributed by atoms with Crippen molar-refractivity contribution in [3.05, 3.63) is 28.8 Å². The van der Waals surface area contributed by atoms with Gasteiger partial charge in [0.05, 0.1) is 12.2 Å². The smallest absolute Gasteiger partial charge is 0.163 e. The SMILES string of the molecule is CCOc1c(C(C)=O)ccc(C(C)N)c1C. The van der Waals surface area contributed by atoms with Gasteiger partial charge in [-0.2, -0.15) is 0 Å². The molecule has 16 heavy (non-hydrogen) atoms. The molecule has 0 bridgehead atoms. The van der Waals surface area contributed by atoms with Gasteiger partial charge in [0, 0.05) is 6.04 Å². The van der Waals surface area contributed by atoms with Crippen LogP contribution < -0.4 is 10.5 Å². The molecule has 88 valence electrons. The maximum atomic E-state index is 11.5. The maximum Gasteiger partial charge on any atom is 0.163 e. The van der Waals surface area contributed by atoms with E-state index in [-0.39, 0.29) is 11.8 Å². The summed E-state index contributed by atoms with van der Waals surface area (Å²) in [6, 6.07) is 3.64. The second-order valence-corrected chi connectivity index (χ2v) is 3.93. The molecule has 2 N–H and O–H groups in total. The van der Waals surface area contributed by atoms with Crippen molar-refractivity contribution in [2.75, 3.05) is 6.61 Å². The minimum atomic E-state index is -0.0554. The van der Waals surface area contributed by atoms with Crippen molar-refractivity contribution in [3.63, 3.8) is 0 Å². The molecule has 0 saturated heterocycles. The summed E-state index contributed by atoms with van der Waals surface area (Å²) < 4.78 is 5.54. The standard InChI is InChI=1S/C13H19NO2/c1-5-16-13-8(2)11(9(3)14)6-7-12(13)10(4)15/h6-7,9H,5,14H2,1-4H3. The fourth-order valence-corrected chi connectivity index (χ4v) is 1.81. The van der Waals surface area contributed by atoms with Crippen molar-refractivity contribution in [1.29, 1.82) is 0 Å². The predicted molar refractivity (Wildman–Crippen MR) is 65.0 cm³/mol. The molecule has 1 unspecified atom stereocenters.